The molecule has 2 aliphatic rings. The molecule has 1 fully saturated rings. The number of aromatic amines is 1. The van der Waals surface area contributed by atoms with Gasteiger partial charge in [0.25, 0.3) is 0 Å². The highest BCUT2D eigenvalue weighted by Crippen LogP contribution is 2.43. The SMILES string of the molecule is O=c1cc2c(c[nH]1)[C@@H]1CC[C@H](C2)N1C(=S)Nc1cc(Cl)c(C(F)(F)F)cc1F. The molecule has 0 amide bonds. The maximum Gasteiger partial charge on any atom is 0.417 e. The number of benzene rings is 1. The normalized spacial score (nSPS) is 20.8. The van der Waals surface area contributed by atoms with E-state index in [1.54, 1.807) is 12.3 Å². The number of alkyl halides is 3. The molecule has 0 spiro atoms. The van der Waals surface area contributed by atoms with Gasteiger partial charge in [-0.25, -0.2) is 4.39 Å². The van der Waals surface area contributed by atoms with Crippen LogP contribution >= 0.6 is 23.8 Å². The van der Waals surface area contributed by atoms with Crippen molar-refractivity contribution in [3.63, 3.8) is 0 Å². The van der Waals surface area contributed by atoms with E-state index >= 15 is 0 Å². The lowest BCUT2D eigenvalue weighted by atomic mass is 9.95. The monoisotopic (exact) mass is 431 g/mol. The van der Waals surface area contributed by atoms with Gasteiger partial charge in [-0.2, -0.15) is 13.2 Å². The summed E-state index contributed by atoms with van der Waals surface area (Å²) < 4.78 is 52.8. The van der Waals surface area contributed by atoms with E-state index in [2.05, 4.69) is 10.3 Å². The third-order valence-corrected chi connectivity index (χ3v) is 5.83. The van der Waals surface area contributed by atoms with Gasteiger partial charge >= 0.3 is 6.18 Å². The van der Waals surface area contributed by atoms with Crippen LogP contribution in [0.5, 0.6) is 0 Å². The van der Waals surface area contributed by atoms with Crippen molar-refractivity contribution in [2.75, 3.05) is 5.32 Å². The smallest absolute Gasteiger partial charge is 0.339 e. The van der Waals surface area contributed by atoms with Gasteiger partial charge in [-0.05, 0) is 54.7 Å². The Kier molecular flexibility index (Phi) is 4.62. The van der Waals surface area contributed by atoms with Gasteiger partial charge in [0, 0.05) is 18.3 Å². The van der Waals surface area contributed by atoms with E-state index in [4.69, 9.17) is 23.8 Å². The summed E-state index contributed by atoms with van der Waals surface area (Å²) in [6.45, 7) is 0. The Hall–Kier alpha value is -2.13. The van der Waals surface area contributed by atoms with Crippen LogP contribution in [-0.4, -0.2) is 21.0 Å². The lowest BCUT2D eigenvalue weighted by Crippen LogP contribution is -2.44. The molecule has 2 N–H and O–H groups in total. The zero-order valence-corrected chi connectivity index (χ0v) is 15.8. The molecule has 2 aromatic rings. The van der Waals surface area contributed by atoms with E-state index in [0.29, 0.717) is 12.5 Å². The van der Waals surface area contributed by atoms with E-state index in [1.807, 2.05) is 4.90 Å². The molecule has 0 radical (unpaired) electrons. The van der Waals surface area contributed by atoms with Gasteiger partial charge in [0.2, 0.25) is 5.56 Å². The van der Waals surface area contributed by atoms with Crippen LogP contribution in [0.4, 0.5) is 23.2 Å². The van der Waals surface area contributed by atoms with Crippen molar-refractivity contribution in [1.82, 2.24) is 9.88 Å². The van der Waals surface area contributed by atoms with Crippen LogP contribution < -0.4 is 10.9 Å². The van der Waals surface area contributed by atoms with Crippen LogP contribution in [0.25, 0.3) is 0 Å². The van der Waals surface area contributed by atoms with Crippen molar-refractivity contribution in [2.24, 2.45) is 0 Å². The van der Waals surface area contributed by atoms with Crippen LogP contribution in [-0.2, 0) is 12.6 Å². The fourth-order valence-electron chi connectivity index (χ4n) is 4.00. The highest BCUT2D eigenvalue weighted by molar-refractivity contribution is 7.80. The number of nitrogens with zero attached hydrogens (tertiary/aromatic N) is 1. The van der Waals surface area contributed by atoms with Crippen molar-refractivity contribution < 1.29 is 17.6 Å². The number of aromatic nitrogens is 1. The minimum absolute atomic E-state index is 0.0345. The molecular weight excluding hydrogens is 418 g/mol. The molecule has 4 rings (SSSR count). The molecule has 2 aliphatic heterocycles. The summed E-state index contributed by atoms with van der Waals surface area (Å²) in [5, 5.41) is 2.30. The van der Waals surface area contributed by atoms with Gasteiger partial charge in [0.1, 0.15) is 5.82 Å². The Labute approximate surface area is 167 Å². The fraction of sp³-hybridized carbons (Fsp3) is 0.333. The second-order valence-electron chi connectivity index (χ2n) is 6.88. The zero-order valence-electron chi connectivity index (χ0n) is 14.2. The Morgan fingerprint density at radius 2 is 2.04 bits per heavy atom. The predicted molar refractivity (Wildman–Crippen MR) is 101 cm³/mol. The Morgan fingerprint density at radius 3 is 2.75 bits per heavy atom. The number of halogens is 5. The van der Waals surface area contributed by atoms with Crippen LogP contribution in [0, 0.1) is 5.82 Å². The standard InChI is InChI=1S/C18H14ClF4N3OS/c19-12-6-14(13(20)5-11(12)18(21,22)23)25-17(28)26-9-1-2-15(26)10-7-24-16(27)4-8(10)3-9/h4-7,9,15H,1-3H2,(H,24,27)(H,25,28)/t9-,15+/m1/s1. The number of hydrogen-bond donors (Lipinski definition) is 2. The third-order valence-electron chi connectivity index (χ3n) is 5.20. The van der Waals surface area contributed by atoms with Crippen LogP contribution in [0.15, 0.2) is 29.2 Å². The molecule has 10 heteroatoms. The Bertz CT molecular complexity index is 1020. The number of anilines is 1. The number of nitrogens with one attached hydrogen (secondary N) is 2. The van der Waals surface area contributed by atoms with Crippen molar-refractivity contribution in [3.05, 3.63) is 62.3 Å². The van der Waals surface area contributed by atoms with Gasteiger partial charge < -0.3 is 15.2 Å². The van der Waals surface area contributed by atoms with Crippen molar-refractivity contribution in [2.45, 2.75) is 37.5 Å². The Balaban J connectivity index is 1.61. The molecule has 3 heterocycles. The summed E-state index contributed by atoms with van der Waals surface area (Å²) in [5.41, 5.74) is 0.282. The first-order chi connectivity index (χ1) is 13.1. The van der Waals surface area contributed by atoms with Gasteiger partial charge in [0.05, 0.1) is 22.3 Å². The Morgan fingerprint density at radius 1 is 1.29 bits per heavy atom. The maximum atomic E-state index is 14.2. The molecule has 2 atom stereocenters. The first-order valence-corrected chi connectivity index (χ1v) is 9.31. The van der Waals surface area contributed by atoms with E-state index in [9.17, 15) is 22.4 Å². The van der Waals surface area contributed by atoms with Crippen molar-refractivity contribution >= 4 is 34.6 Å². The maximum absolute atomic E-state index is 14.2. The van der Waals surface area contributed by atoms with Crippen LogP contribution in [0.1, 0.15) is 35.6 Å². The quantitative estimate of drug-likeness (QED) is 0.510. The molecule has 0 unspecified atom stereocenters. The largest absolute Gasteiger partial charge is 0.417 e. The van der Waals surface area contributed by atoms with E-state index in [1.165, 1.54) is 0 Å². The summed E-state index contributed by atoms with van der Waals surface area (Å²) in [6, 6.07) is 2.77. The average Bonchev–Trinajstić information content (AvgIpc) is 2.92. The number of hydrogen-bond acceptors (Lipinski definition) is 2. The minimum atomic E-state index is -4.75. The predicted octanol–water partition coefficient (Wildman–Crippen LogP) is 4.64. The molecule has 28 heavy (non-hydrogen) atoms. The van der Waals surface area contributed by atoms with E-state index in [0.717, 1.165) is 30.0 Å². The molecule has 2 bridgehead atoms. The summed E-state index contributed by atoms with van der Waals surface area (Å²) in [4.78, 5) is 16.1. The molecule has 0 aliphatic carbocycles. The van der Waals surface area contributed by atoms with E-state index < -0.39 is 22.6 Å². The molecule has 0 saturated carbocycles. The summed E-state index contributed by atoms with van der Waals surface area (Å²) in [7, 11) is 0. The highest BCUT2D eigenvalue weighted by Gasteiger charge is 2.41. The average molecular weight is 432 g/mol. The molecular formula is C18H14ClF4N3OS. The molecule has 1 saturated heterocycles. The second-order valence-corrected chi connectivity index (χ2v) is 7.67. The second kappa shape index (κ2) is 6.73. The summed E-state index contributed by atoms with van der Waals surface area (Å²) in [6.07, 6.45) is -0.820. The lowest BCUT2D eigenvalue weighted by molar-refractivity contribution is -0.137. The third kappa shape index (κ3) is 3.26. The van der Waals surface area contributed by atoms with Crippen LogP contribution in [0.3, 0.4) is 0 Å². The first-order valence-electron chi connectivity index (χ1n) is 8.52. The highest BCUT2D eigenvalue weighted by atomic mass is 35.5. The number of fused-ring (bicyclic) bond motifs is 4. The van der Waals surface area contributed by atoms with E-state index in [-0.39, 0.29) is 28.4 Å². The first kappa shape index (κ1) is 19.2. The number of rotatable bonds is 1. The molecule has 148 valence electrons. The van der Waals surface area contributed by atoms with Gasteiger partial charge in [-0.1, -0.05) is 11.6 Å². The lowest BCUT2D eigenvalue weighted by Gasteiger charge is -2.38. The number of thiocarbonyl (C=S) groups is 1. The van der Waals surface area contributed by atoms with Gasteiger partial charge in [-0.3, -0.25) is 4.79 Å². The van der Waals surface area contributed by atoms with Crippen LogP contribution in [0.2, 0.25) is 5.02 Å². The van der Waals surface area contributed by atoms with Crippen molar-refractivity contribution in [1.29, 1.82) is 0 Å². The summed E-state index contributed by atoms with van der Waals surface area (Å²) in [5.74, 6) is -1.09. The van der Waals surface area contributed by atoms with Gasteiger partial charge in [0.15, 0.2) is 5.11 Å². The molecule has 1 aromatic carbocycles. The topological polar surface area (TPSA) is 48.1 Å². The number of H-pyrrole nitrogens is 1. The summed E-state index contributed by atoms with van der Waals surface area (Å²) >= 11 is 11.1. The molecule has 4 nitrogen and oxygen atoms in total. The molecule has 1 aromatic heterocycles. The minimum Gasteiger partial charge on any atom is -0.339 e. The number of pyridine rings is 1. The van der Waals surface area contributed by atoms with Gasteiger partial charge in [-0.15, -0.1) is 0 Å². The van der Waals surface area contributed by atoms with Crippen molar-refractivity contribution in [3.8, 4) is 0 Å². The zero-order chi connectivity index (χ0) is 20.2. The fourth-order valence-corrected chi connectivity index (χ4v) is 4.66.